The minimum Gasteiger partial charge on any atom is -0.364 e. The topological polar surface area (TPSA) is 61.6 Å². The third-order valence-electron chi connectivity index (χ3n) is 2.21. The number of hydrogen-bond acceptors (Lipinski definition) is 5. The van der Waals surface area contributed by atoms with Gasteiger partial charge in [-0.2, -0.15) is 16.6 Å². The van der Waals surface area contributed by atoms with Gasteiger partial charge >= 0.3 is 0 Å². The van der Waals surface area contributed by atoms with Gasteiger partial charge in [0.25, 0.3) is 0 Å². The van der Waals surface area contributed by atoms with Crippen LogP contribution in [0.1, 0.15) is 16.8 Å². The second kappa shape index (κ2) is 4.73. The summed E-state index contributed by atoms with van der Waals surface area (Å²) in [5, 5.41) is 16.1. The molecule has 0 aliphatic heterocycles. The lowest BCUT2D eigenvalue weighted by molar-refractivity contribution is 1.07. The van der Waals surface area contributed by atoms with Gasteiger partial charge < -0.3 is 5.32 Å². The van der Waals surface area contributed by atoms with E-state index in [4.69, 9.17) is 5.26 Å². The van der Waals surface area contributed by atoms with Gasteiger partial charge in [-0.05, 0) is 28.8 Å². The standard InChI is InChI=1S/C11H10N4S/c1-8-6-16-7-9(8)5-15-11-10(4-12)13-2-3-14-11/h2-3,6-7H,5H2,1H3,(H,14,15). The molecule has 0 bridgehead atoms. The molecule has 2 heterocycles. The highest BCUT2D eigenvalue weighted by Crippen LogP contribution is 2.15. The average molecular weight is 230 g/mol. The van der Waals surface area contributed by atoms with E-state index in [2.05, 4.69) is 33.0 Å². The van der Waals surface area contributed by atoms with Crippen LogP contribution in [0.2, 0.25) is 0 Å². The smallest absolute Gasteiger partial charge is 0.182 e. The maximum absolute atomic E-state index is 8.84. The van der Waals surface area contributed by atoms with Crippen LogP contribution in [0.5, 0.6) is 0 Å². The Hall–Kier alpha value is -1.93. The van der Waals surface area contributed by atoms with Crippen LogP contribution in [-0.4, -0.2) is 9.97 Å². The maximum Gasteiger partial charge on any atom is 0.182 e. The van der Waals surface area contributed by atoms with Gasteiger partial charge in [0.15, 0.2) is 11.5 Å². The summed E-state index contributed by atoms with van der Waals surface area (Å²) in [6, 6.07) is 2.01. The van der Waals surface area contributed by atoms with E-state index in [1.807, 2.05) is 6.07 Å². The van der Waals surface area contributed by atoms with Gasteiger partial charge in [0.05, 0.1) is 0 Å². The minimum absolute atomic E-state index is 0.329. The van der Waals surface area contributed by atoms with E-state index in [0.29, 0.717) is 18.1 Å². The lowest BCUT2D eigenvalue weighted by Gasteiger charge is -2.05. The molecule has 2 rings (SSSR count). The Morgan fingerprint density at radius 1 is 1.38 bits per heavy atom. The third kappa shape index (κ3) is 2.18. The van der Waals surface area contributed by atoms with Crippen molar-refractivity contribution in [2.45, 2.75) is 13.5 Å². The summed E-state index contributed by atoms with van der Waals surface area (Å²) >= 11 is 1.67. The number of rotatable bonds is 3. The fourth-order valence-electron chi connectivity index (χ4n) is 1.30. The largest absolute Gasteiger partial charge is 0.364 e. The number of nitrogens with zero attached hydrogens (tertiary/aromatic N) is 3. The first-order valence-electron chi connectivity index (χ1n) is 4.78. The van der Waals surface area contributed by atoms with Gasteiger partial charge in [0, 0.05) is 18.9 Å². The van der Waals surface area contributed by atoms with Crippen LogP contribution in [0.25, 0.3) is 0 Å². The van der Waals surface area contributed by atoms with Crippen LogP contribution in [0.3, 0.4) is 0 Å². The molecule has 0 saturated carbocycles. The normalized spacial score (nSPS) is 9.75. The molecule has 16 heavy (non-hydrogen) atoms. The van der Waals surface area contributed by atoms with E-state index >= 15 is 0 Å². The monoisotopic (exact) mass is 230 g/mol. The van der Waals surface area contributed by atoms with Gasteiger partial charge in [-0.25, -0.2) is 9.97 Å². The zero-order valence-electron chi connectivity index (χ0n) is 8.77. The van der Waals surface area contributed by atoms with Crippen molar-refractivity contribution in [3.05, 3.63) is 40.0 Å². The van der Waals surface area contributed by atoms with Crippen molar-refractivity contribution in [2.24, 2.45) is 0 Å². The summed E-state index contributed by atoms with van der Waals surface area (Å²) in [7, 11) is 0. The Balaban J connectivity index is 2.11. The predicted molar refractivity (Wildman–Crippen MR) is 63.1 cm³/mol. The first kappa shape index (κ1) is 10.6. The number of thiophene rings is 1. The Labute approximate surface area is 97.6 Å². The predicted octanol–water partition coefficient (Wildman–Crippen LogP) is 2.33. The van der Waals surface area contributed by atoms with Crippen molar-refractivity contribution >= 4 is 17.2 Å². The van der Waals surface area contributed by atoms with Crippen molar-refractivity contribution in [1.29, 1.82) is 5.26 Å². The van der Waals surface area contributed by atoms with Crippen LogP contribution in [-0.2, 0) is 6.54 Å². The molecule has 5 heteroatoms. The van der Waals surface area contributed by atoms with Gasteiger partial charge in [-0.15, -0.1) is 0 Å². The zero-order valence-corrected chi connectivity index (χ0v) is 9.58. The fraction of sp³-hybridized carbons (Fsp3) is 0.182. The molecular formula is C11H10N4S. The Kier molecular flexibility index (Phi) is 3.13. The molecule has 0 radical (unpaired) electrons. The summed E-state index contributed by atoms with van der Waals surface area (Å²) < 4.78 is 0. The number of anilines is 1. The molecule has 0 aliphatic carbocycles. The van der Waals surface area contributed by atoms with E-state index in [1.54, 1.807) is 17.5 Å². The third-order valence-corrected chi connectivity index (χ3v) is 3.12. The molecule has 0 spiro atoms. The van der Waals surface area contributed by atoms with Crippen molar-refractivity contribution < 1.29 is 0 Å². The second-order valence-corrected chi connectivity index (χ2v) is 4.04. The van der Waals surface area contributed by atoms with Crippen molar-refractivity contribution in [3.8, 4) is 6.07 Å². The summed E-state index contributed by atoms with van der Waals surface area (Å²) in [4.78, 5) is 8.02. The number of hydrogen-bond donors (Lipinski definition) is 1. The van der Waals surface area contributed by atoms with Crippen LogP contribution in [0, 0.1) is 18.3 Å². The molecule has 1 N–H and O–H groups in total. The van der Waals surface area contributed by atoms with Crippen LogP contribution in [0.4, 0.5) is 5.82 Å². The first-order valence-corrected chi connectivity index (χ1v) is 5.72. The number of aryl methyl sites for hydroxylation is 1. The summed E-state index contributed by atoms with van der Waals surface area (Å²) in [6.45, 7) is 2.73. The second-order valence-electron chi connectivity index (χ2n) is 3.30. The molecule has 0 fully saturated rings. The van der Waals surface area contributed by atoms with Crippen LogP contribution >= 0.6 is 11.3 Å². The highest BCUT2D eigenvalue weighted by Gasteiger charge is 2.04. The molecular weight excluding hydrogens is 220 g/mol. The van der Waals surface area contributed by atoms with E-state index < -0.39 is 0 Å². The first-order chi connectivity index (χ1) is 7.81. The van der Waals surface area contributed by atoms with E-state index in [-0.39, 0.29) is 0 Å². The van der Waals surface area contributed by atoms with Gasteiger partial charge in [-0.3, -0.25) is 0 Å². The fourth-order valence-corrected chi connectivity index (χ4v) is 2.15. The van der Waals surface area contributed by atoms with E-state index in [1.165, 1.54) is 17.3 Å². The molecule has 0 aliphatic rings. The Morgan fingerprint density at radius 3 is 2.88 bits per heavy atom. The summed E-state index contributed by atoms with van der Waals surface area (Å²) in [5.74, 6) is 0.538. The van der Waals surface area contributed by atoms with Gasteiger partial charge in [-0.1, -0.05) is 0 Å². The zero-order chi connectivity index (χ0) is 11.4. The minimum atomic E-state index is 0.329. The molecule has 0 aromatic carbocycles. The van der Waals surface area contributed by atoms with Crippen LogP contribution in [0.15, 0.2) is 23.2 Å². The molecule has 4 nitrogen and oxygen atoms in total. The Morgan fingerprint density at radius 2 is 2.19 bits per heavy atom. The molecule has 0 unspecified atom stereocenters. The van der Waals surface area contributed by atoms with Crippen molar-refractivity contribution in [2.75, 3.05) is 5.32 Å². The van der Waals surface area contributed by atoms with E-state index in [9.17, 15) is 0 Å². The van der Waals surface area contributed by atoms with E-state index in [0.717, 1.165) is 0 Å². The number of nitriles is 1. The molecule has 0 saturated heterocycles. The molecule has 0 amide bonds. The molecule has 80 valence electrons. The van der Waals surface area contributed by atoms with Crippen molar-refractivity contribution in [1.82, 2.24) is 9.97 Å². The van der Waals surface area contributed by atoms with Crippen LogP contribution < -0.4 is 5.32 Å². The SMILES string of the molecule is Cc1cscc1CNc1nccnc1C#N. The average Bonchev–Trinajstić information content (AvgIpc) is 2.72. The Bertz CT molecular complexity index is 527. The molecule has 0 atom stereocenters. The highest BCUT2D eigenvalue weighted by atomic mass is 32.1. The number of aromatic nitrogens is 2. The van der Waals surface area contributed by atoms with Gasteiger partial charge in [0.1, 0.15) is 6.07 Å². The molecule has 2 aromatic rings. The quantitative estimate of drug-likeness (QED) is 0.879. The van der Waals surface area contributed by atoms with Crippen molar-refractivity contribution in [3.63, 3.8) is 0 Å². The van der Waals surface area contributed by atoms with Gasteiger partial charge in [0.2, 0.25) is 0 Å². The lowest BCUT2D eigenvalue weighted by Crippen LogP contribution is -2.04. The molecule has 2 aromatic heterocycles. The number of nitrogens with one attached hydrogen (secondary N) is 1. The lowest BCUT2D eigenvalue weighted by atomic mass is 10.2. The maximum atomic E-state index is 8.84. The summed E-state index contributed by atoms with van der Waals surface area (Å²) in [6.07, 6.45) is 3.09. The highest BCUT2D eigenvalue weighted by molar-refractivity contribution is 7.08. The summed E-state index contributed by atoms with van der Waals surface area (Å²) in [5.41, 5.74) is 2.80.